The van der Waals surface area contributed by atoms with Gasteiger partial charge >= 0.3 is 0 Å². The summed E-state index contributed by atoms with van der Waals surface area (Å²) in [7, 11) is 1.53. The molecule has 0 bridgehead atoms. The first-order valence-corrected chi connectivity index (χ1v) is 11.6. The molecule has 2 aromatic carbocycles. The van der Waals surface area contributed by atoms with E-state index in [2.05, 4.69) is 9.69 Å². The van der Waals surface area contributed by atoms with Gasteiger partial charge in [0, 0.05) is 11.2 Å². The normalized spacial score (nSPS) is 12.0. The van der Waals surface area contributed by atoms with E-state index in [4.69, 9.17) is 16.2 Å². The molecule has 0 aliphatic carbocycles. The second kappa shape index (κ2) is 10.1. The molecule has 184 valence electrons. The number of hydrogen-bond acceptors (Lipinski definition) is 7. The van der Waals surface area contributed by atoms with Crippen molar-refractivity contribution in [3.05, 3.63) is 70.2 Å². The third-order valence-corrected chi connectivity index (χ3v) is 5.97. The Balaban J connectivity index is 2.23. The number of ether oxygens (including phenoxy) is 1. The van der Waals surface area contributed by atoms with E-state index < -0.39 is 23.4 Å². The highest BCUT2D eigenvalue weighted by Gasteiger charge is 2.37. The number of aryl methyl sites for hydroxylation is 1. The van der Waals surface area contributed by atoms with Crippen LogP contribution in [-0.2, 0) is 4.79 Å². The molecule has 0 spiro atoms. The van der Waals surface area contributed by atoms with E-state index in [0.29, 0.717) is 17.0 Å². The second-order valence-electron chi connectivity index (χ2n) is 9.06. The summed E-state index contributed by atoms with van der Waals surface area (Å²) in [5.74, 6) is -1.23. The minimum atomic E-state index is -1.05. The largest absolute Gasteiger partial charge is 0.497 e. The van der Waals surface area contributed by atoms with Gasteiger partial charge in [-0.15, -0.1) is 0 Å². The maximum Gasteiger partial charge on any atom is 0.273 e. The average molecular weight is 496 g/mol. The van der Waals surface area contributed by atoms with Gasteiger partial charge in [-0.3, -0.25) is 19.3 Å². The lowest BCUT2D eigenvalue weighted by atomic mass is 9.99. The molecular formula is C25H29N5O4S. The number of carbonyl (C=O) groups excluding carboxylic acids is 3. The zero-order chi connectivity index (χ0) is 25.9. The summed E-state index contributed by atoms with van der Waals surface area (Å²) in [5, 5.41) is 2.97. The molecule has 3 rings (SSSR count). The van der Waals surface area contributed by atoms with Crippen molar-refractivity contribution < 1.29 is 19.1 Å². The number of hydrogen-bond donors (Lipinski definition) is 3. The molecule has 0 aliphatic heterocycles. The first kappa shape index (κ1) is 25.7. The van der Waals surface area contributed by atoms with Crippen LogP contribution in [0.2, 0.25) is 0 Å². The van der Waals surface area contributed by atoms with Gasteiger partial charge in [-0.1, -0.05) is 29.8 Å². The lowest BCUT2D eigenvalue weighted by Gasteiger charge is -2.33. The van der Waals surface area contributed by atoms with Crippen LogP contribution in [0.25, 0.3) is 0 Å². The third-order valence-electron chi connectivity index (χ3n) is 5.12. The summed E-state index contributed by atoms with van der Waals surface area (Å²) in [6.45, 7) is 7.51. The maximum absolute atomic E-state index is 14.0. The summed E-state index contributed by atoms with van der Waals surface area (Å²) in [5.41, 5.74) is 12.6. The molecule has 0 radical (unpaired) electrons. The van der Waals surface area contributed by atoms with Gasteiger partial charge in [0.2, 0.25) is 5.91 Å². The van der Waals surface area contributed by atoms with Gasteiger partial charge in [-0.25, -0.2) is 0 Å². The number of nitrogen functional groups attached to an aromatic ring is 1. The van der Waals surface area contributed by atoms with Gasteiger partial charge in [-0.2, -0.15) is 4.37 Å². The van der Waals surface area contributed by atoms with Gasteiger partial charge < -0.3 is 21.5 Å². The molecular weight excluding hydrogens is 466 g/mol. The Morgan fingerprint density at radius 3 is 2.14 bits per heavy atom. The van der Waals surface area contributed by atoms with Crippen molar-refractivity contribution in [2.24, 2.45) is 5.73 Å². The van der Waals surface area contributed by atoms with E-state index in [1.165, 1.54) is 12.0 Å². The summed E-state index contributed by atoms with van der Waals surface area (Å²) in [4.78, 5) is 40.7. The monoisotopic (exact) mass is 495 g/mol. The fourth-order valence-electron chi connectivity index (χ4n) is 3.47. The average Bonchev–Trinajstić information content (AvgIpc) is 3.18. The maximum atomic E-state index is 14.0. The number of benzene rings is 2. The predicted molar refractivity (Wildman–Crippen MR) is 137 cm³/mol. The van der Waals surface area contributed by atoms with Crippen LogP contribution >= 0.6 is 11.5 Å². The predicted octanol–water partition coefficient (Wildman–Crippen LogP) is 3.44. The Labute approximate surface area is 208 Å². The number of nitrogens with two attached hydrogens (primary N) is 2. The Morgan fingerprint density at radius 1 is 1.06 bits per heavy atom. The minimum absolute atomic E-state index is 0.00953. The molecule has 1 atom stereocenters. The fourth-order valence-corrected chi connectivity index (χ4v) is 4.21. The van der Waals surface area contributed by atoms with Crippen LogP contribution in [0, 0.1) is 6.92 Å². The second-order valence-corrected chi connectivity index (χ2v) is 9.84. The highest BCUT2D eigenvalue weighted by Crippen LogP contribution is 2.34. The molecule has 0 saturated heterocycles. The number of aromatic nitrogens is 1. The quantitative estimate of drug-likeness (QED) is 0.459. The van der Waals surface area contributed by atoms with Gasteiger partial charge in [0.25, 0.3) is 11.8 Å². The van der Waals surface area contributed by atoms with Crippen molar-refractivity contribution >= 4 is 40.6 Å². The third kappa shape index (κ3) is 5.78. The first-order valence-electron chi connectivity index (χ1n) is 10.8. The summed E-state index contributed by atoms with van der Waals surface area (Å²) < 4.78 is 9.21. The van der Waals surface area contributed by atoms with Crippen LogP contribution < -0.4 is 26.4 Å². The Bertz CT molecular complexity index is 1230. The molecule has 35 heavy (non-hydrogen) atoms. The number of nitrogens with one attached hydrogen (secondary N) is 1. The van der Waals surface area contributed by atoms with Gasteiger partial charge in [0.1, 0.15) is 16.7 Å². The van der Waals surface area contributed by atoms with Crippen molar-refractivity contribution in [3.8, 4) is 5.75 Å². The molecule has 1 heterocycles. The van der Waals surface area contributed by atoms with Crippen molar-refractivity contribution in [1.82, 2.24) is 9.69 Å². The van der Waals surface area contributed by atoms with Gasteiger partial charge in [0.15, 0.2) is 5.69 Å². The zero-order valence-electron chi connectivity index (χ0n) is 20.3. The molecule has 5 N–H and O–H groups in total. The number of anilines is 2. The Hall–Kier alpha value is -3.92. The summed E-state index contributed by atoms with van der Waals surface area (Å²) in [6, 6.07) is 13.0. The van der Waals surface area contributed by atoms with Crippen molar-refractivity contribution in [2.45, 2.75) is 39.3 Å². The van der Waals surface area contributed by atoms with Crippen molar-refractivity contribution in [1.29, 1.82) is 0 Å². The first-order chi connectivity index (χ1) is 16.4. The number of primary amides is 1. The van der Waals surface area contributed by atoms with Crippen LogP contribution in [0.5, 0.6) is 5.75 Å². The smallest absolute Gasteiger partial charge is 0.273 e. The standard InChI is InChI=1S/C25H29N5O4S/c1-14-6-8-15(9-7-14)20(23(32)28-25(2,3)4)30(16-10-12-17(34-5)13-11-16)24(33)21-18(26)19(22(27)31)29-35-21/h6-13,20H,26H2,1-5H3,(H2,27,31)(H,28,32)/t20-/m0/s1. The minimum Gasteiger partial charge on any atom is -0.497 e. The number of nitrogens with zero attached hydrogens (tertiary/aromatic N) is 2. The molecule has 3 aromatic rings. The highest BCUT2D eigenvalue weighted by atomic mass is 32.1. The molecule has 0 unspecified atom stereocenters. The van der Waals surface area contributed by atoms with Crippen LogP contribution in [0.15, 0.2) is 48.5 Å². The summed E-state index contributed by atoms with van der Waals surface area (Å²) in [6.07, 6.45) is 0. The summed E-state index contributed by atoms with van der Waals surface area (Å²) >= 11 is 0.760. The number of methoxy groups -OCH3 is 1. The number of rotatable bonds is 7. The molecule has 0 fully saturated rings. The molecule has 10 heteroatoms. The molecule has 0 aliphatic rings. The lowest BCUT2D eigenvalue weighted by molar-refractivity contribution is -0.123. The molecule has 0 saturated carbocycles. The highest BCUT2D eigenvalue weighted by molar-refractivity contribution is 7.09. The van der Waals surface area contributed by atoms with Gasteiger partial charge in [-0.05, 0) is 69.1 Å². The fraction of sp³-hybridized carbons (Fsp3) is 0.280. The van der Waals surface area contributed by atoms with Crippen molar-refractivity contribution in [3.63, 3.8) is 0 Å². The van der Waals surface area contributed by atoms with Crippen LogP contribution in [-0.4, -0.2) is 34.7 Å². The van der Waals surface area contributed by atoms with E-state index in [9.17, 15) is 14.4 Å². The van der Waals surface area contributed by atoms with E-state index in [-0.39, 0.29) is 22.2 Å². The SMILES string of the molecule is COc1ccc(N(C(=O)c2snc(C(N)=O)c2N)[C@H](C(=O)NC(C)(C)C)c2ccc(C)cc2)cc1. The van der Waals surface area contributed by atoms with Crippen LogP contribution in [0.1, 0.15) is 58.1 Å². The Morgan fingerprint density at radius 2 is 1.66 bits per heavy atom. The molecule has 1 aromatic heterocycles. The molecule has 9 nitrogen and oxygen atoms in total. The molecule has 3 amide bonds. The van der Waals surface area contributed by atoms with Crippen LogP contribution in [0.3, 0.4) is 0 Å². The Kier molecular flexibility index (Phi) is 7.45. The number of amides is 3. The van der Waals surface area contributed by atoms with E-state index >= 15 is 0 Å². The van der Waals surface area contributed by atoms with Crippen molar-refractivity contribution in [2.75, 3.05) is 17.7 Å². The van der Waals surface area contributed by atoms with Gasteiger partial charge in [0.05, 0.1) is 12.8 Å². The lowest BCUT2D eigenvalue weighted by Crippen LogP contribution is -2.49. The van der Waals surface area contributed by atoms with E-state index in [1.54, 1.807) is 36.4 Å². The van der Waals surface area contributed by atoms with E-state index in [0.717, 1.165) is 17.1 Å². The zero-order valence-corrected chi connectivity index (χ0v) is 21.1. The number of carbonyl (C=O) groups is 3. The topological polar surface area (TPSA) is 141 Å². The van der Waals surface area contributed by atoms with E-state index in [1.807, 2.05) is 39.8 Å². The van der Waals surface area contributed by atoms with Crippen LogP contribution in [0.4, 0.5) is 11.4 Å².